The van der Waals surface area contributed by atoms with Crippen LogP contribution in [0, 0.1) is 0 Å². The molecule has 0 aliphatic rings. The molecule has 0 radical (unpaired) electrons. The van der Waals surface area contributed by atoms with Gasteiger partial charge < -0.3 is 27.8 Å². The van der Waals surface area contributed by atoms with E-state index in [0.717, 1.165) is 24.0 Å². The van der Waals surface area contributed by atoms with Crippen molar-refractivity contribution in [2.24, 2.45) is 22.2 Å². The minimum Gasteiger partial charge on any atom is -0.370 e. The highest BCUT2D eigenvalue weighted by atomic mass is 16.2. The van der Waals surface area contributed by atoms with Gasteiger partial charge in [0.15, 0.2) is 11.7 Å². The summed E-state index contributed by atoms with van der Waals surface area (Å²) in [5.74, 6) is -0.679. The quantitative estimate of drug-likeness (QED) is 0.0783. The maximum absolute atomic E-state index is 12.8. The van der Waals surface area contributed by atoms with Crippen LogP contribution < -0.4 is 33.2 Å². The van der Waals surface area contributed by atoms with Gasteiger partial charge in [0.05, 0.1) is 12.6 Å². The first kappa shape index (κ1) is 30.5. The Labute approximate surface area is 224 Å². The molecule has 0 aliphatic carbocycles. The van der Waals surface area contributed by atoms with E-state index >= 15 is 0 Å². The van der Waals surface area contributed by atoms with Gasteiger partial charge in [-0.15, -0.1) is 0 Å². The van der Waals surface area contributed by atoms with Gasteiger partial charge in [0.25, 0.3) is 0 Å². The first-order valence-electron chi connectivity index (χ1n) is 13.1. The molecule has 2 rings (SSSR count). The summed E-state index contributed by atoms with van der Waals surface area (Å²) in [6.07, 6.45) is 3.37. The average Bonchev–Trinajstić information content (AvgIpc) is 2.93. The fraction of sp³-hybridized carbons (Fsp3) is 0.429. The number of nitrogens with one attached hydrogen (secondary N) is 3. The van der Waals surface area contributed by atoms with Crippen molar-refractivity contribution < 1.29 is 14.4 Å². The second kappa shape index (κ2) is 16.9. The number of carbonyl (C=O) groups excluding carboxylic acids is 3. The average molecular weight is 524 g/mol. The number of hydrogen-bond acceptors (Lipinski definition) is 6. The summed E-state index contributed by atoms with van der Waals surface area (Å²) in [5, 5.41) is 8.64. The second-order valence-corrected chi connectivity index (χ2v) is 9.12. The molecule has 2 atom stereocenters. The smallest absolute Gasteiger partial charge is 0.242 e. The van der Waals surface area contributed by atoms with Gasteiger partial charge in [0, 0.05) is 18.7 Å². The molecule has 38 heavy (non-hydrogen) atoms. The van der Waals surface area contributed by atoms with Crippen LogP contribution in [-0.4, -0.2) is 61.8 Å². The minimum absolute atomic E-state index is 0.000890. The van der Waals surface area contributed by atoms with Gasteiger partial charge in [0.2, 0.25) is 11.8 Å². The van der Waals surface area contributed by atoms with Crippen molar-refractivity contribution in [2.45, 2.75) is 51.1 Å². The lowest BCUT2D eigenvalue weighted by atomic mass is 10.0. The SMILES string of the molecule is C[C@H](NCC(=O)c1ccc(-c2ccccc2)cc1)C(=O)N[C@@H](CCCCN)C(=O)NCCCCN=C(N)N. The molecule has 0 saturated carbocycles. The predicted molar refractivity (Wildman–Crippen MR) is 151 cm³/mol. The van der Waals surface area contributed by atoms with Crippen molar-refractivity contribution >= 4 is 23.6 Å². The number of nitrogens with two attached hydrogens (primary N) is 3. The Morgan fingerprint density at radius 1 is 0.868 bits per heavy atom. The number of amides is 2. The number of carbonyl (C=O) groups is 3. The van der Waals surface area contributed by atoms with Crippen LogP contribution in [0.3, 0.4) is 0 Å². The van der Waals surface area contributed by atoms with E-state index < -0.39 is 12.1 Å². The van der Waals surface area contributed by atoms with Crippen LogP contribution in [0.5, 0.6) is 0 Å². The molecule has 0 unspecified atom stereocenters. The Kier molecular flexibility index (Phi) is 13.5. The molecule has 2 aromatic carbocycles. The summed E-state index contributed by atoms with van der Waals surface area (Å²) >= 11 is 0. The lowest BCUT2D eigenvalue weighted by Crippen LogP contribution is -2.52. The minimum atomic E-state index is -0.683. The van der Waals surface area contributed by atoms with Crippen molar-refractivity contribution in [3.8, 4) is 11.1 Å². The molecule has 0 bridgehead atoms. The van der Waals surface area contributed by atoms with E-state index in [4.69, 9.17) is 17.2 Å². The van der Waals surface area contributed by atoms with Gasteiger partial charge in [-0.05, 0) is 56.7 Å². The largest absolute Gasteiger partial charge is 0.370 e. The third-order valence-corrected chi connectivity index (χ3v) is 6.03. The Bertz CT molecular complexity index is 1040. The summed E-state index contributed by atoms with van der Waals surface area (Å²) in [6.45, 7) is 3.12. The van der Waals surface area contributed by atoms with Crippen LogP contribution in [0.1, 0.15) is 49.4 Å². The van der Waals surface area contributed by atoms with Gasteiger partial charge in [0.1, 0.15) is 6.04 Å². The predicted octanol–water partition coefficient (Wildman–Crippen LogP) is 1.30. The maximum Gasteiger partial charge on any atom is 0.242 e. The molecular formula is C28H41N7O3. The van der Waals surface area contributed by atoms with Crippen LogP contribution in [-0.2, 0) is 9.59 Å². The van der Waals surface area contributed by atoms with Crippen LogP contribution >= 0.6 is 0 Å². The molecule has 10 nitrogen and oxygen atoms in total. The molecule has 0 aromatic heterocycles. The lowest BCUT2D eigenvalue weighted by molar-refractivity contribution is -0.130. The molecule has 10 heteroatoms. The van der Waals surface area contributed by atoms with Gasteiger partial charge >= 0.3 is 0 Å². The summed E-state index contributed by atoms with van der Waals surface area (Å²) < 4.78 is 0. The normalized spacial score (nSPS) is 12.3. The van der Waals surface area contributed by atoms with Crippen LogP contribution in [0.2, 0.25) is 0 Å². The number of ketones is 1. The van der Waals surface area contributed by atoms with Gasteiger partial charge in [-0.2, -0.15) is 0 Å². The van der Waals surface area contributed by atoms with Crippen LogP contribution in [0.25, 0.3) is 11.1 Å². The third-order valence-electron chi connectivity index (χ3n) is 6.03. The van der Waals surface area contributed by atoms with E-state index in [9.17, 15) is 14.4 Å². The fourth-order valence-corrected chi connectivity index (χ4v) is 3.76. The first-order chi connectivity index (χ1) is 18.3. The number of aliphatic imine (C=N–C) groups is 1. The maximum atomic E-state index is 12.8. The third kappa shape index (κ3) is 11.1. The highest BCUT2D eigenvalue weighted by Crippen LogP contribution is 2.19. The Balaban J connectivity index is 1.83. The molecule has 2 amide bonds. The Morgan fingerprint density at radius 3 is 2.21 bits per heavy atom. The molecule has 2 aromatic rings. The van der Waals surface area contributed by atoms with Crippen molar-refractivity contribution in [1.29, 1.82) is 0 Å². The summed E-state index contributed by atoms with van der Waals surface area (Å²) in [5.41, 5.74) is 18.8. The number of hydrogen-bond donors (Lipinski definition) is 6. The standard InChI is InChI=1S/C28H41N7O3/c1-20(34-19-25(36)23-14-12-22(13-15-23)21-9-3-2-4-10-21)26(37)35-24(11-5-6-16-29)27(38)32-17-7-8-18-33-28(30)31/h2-4,9-10,12-15,20,24,34H,5-8,11,16-19,29H2,1H3,(H,32,38)(H,35,37)(H4,30,31,33)/t20-,24-/m0/s1. The zero-order chi connectivity index (χ0) is 27.8. The van der Waals surface area contributed by atoms with Gasteiger partial charge in [-0.1, -0.05) is 54.6 Å². The van der Waals surface area contributed by atoms with Crippen molar-refractivity contribution in [1.82, 2.24) is 16.0 Å². The number of guanidine groups is 1. The van der Waals surface area contributed by atoms with E-state index in [2.05, 4.69) is 20.9 Å². The molecule has 206 valence electrons. The number of nitrogens with zero attached hydrogens (tertiary/aromatic N) is 1. The van der Waals surface area contributed by atoms with E-state index in [1.165, 1.54) is 0 Å². The molecule has 0 heterocycles. The van der Waals surface area contributed by atoms with Gasteiger partial charge in [-0.3, -0.25) is 24.7 Å². The highest BCUT2D eigenvalue weighted by molar-refractivity contribution is 5.98. The summed E-state index contributed by atoms with van der Waals surface area (Å²) in [6, 6.07) is 16.0. The van der Waals surface area contributed by atoms with Crippen molar-refractivity contribution in [3.63, 3.8) is 0 Å². The number of rotatable bonds is 17. The Hall–Kier alpha value is -3.76. The number of Topliss-reactive ketones (excluding diaryl/α,β-unsaturated/α-hetero) is 1. The molecule has 0 aliphatic heterocycles. The molecule has 0 saturated heterocycles. The van der Waals surface area contributed by atoms with Crippen LogP contribution in [0.4, 0.5) is 0 Å². The zero-order valence-corrected chi connectivity index (χ0v) is 22.1. The summed E-state index contributed by atoms with van der Waals surface area (Å²) in [4.78, 5) is 42.1. The molecule has 0 spiro atoms. The highest BCUT2D eigenvalue weighted by Gasteiger charge is 2.23. The van der Waals surface area contributed by atoms with Gasteiger partial charge in [-0.25, -0.2) is 0 Å². The monoisotopic (exact) mass is 523 g/mol. The zero-order valence-electron chi connectivity index (χ0n) is 22.1. The van der Waals surface area contributed by atoms with E-state index in [1.54, 1.807) is 19.1 Å². The topological polar surface area (TPSA) is 178 Å². The number of benzene rings is 2. The fourth-order valence-electron chi connectivity index (χ4n) is 3.76. The lowest BCUT2D eigenvalue weighted by Gasteiger charge is -2.21. The molecule has 9 N–H and O–H groups in total. The first-order valence-corrected chi connectivity index (χ1v) is 13.1. The summed E-state index contributed by atoms with van der Waals surface area (Å²) in [7, 11) is 0. The second-order valence-electron chi connectivity index (χ2n) is 9.12. The molecule has 0 fully saturated rings. The Morgan fingerprint density at radius 2 is 1.55 bits per heavy atom. The molecular weight excluding hydrogens is 482 g/mol. The van der Waals surface area contributed by atoms with E-state index in [-0.39, 0.29) is 30.1 Å². The van der Waals surface area contributed by atoms with Crippen LogP contribution in [0.15, 0.2) is 59.6 Å². The van der Waals surface area contributed by atoms with E-state index in [1.807, 2.05) is 42.5 Å². The van der Waals surface area contributed by atoms with Crippen molar-refractivity contribution in [3.05, 3.63) is 60.2 Å². The number of unbranched alkanes of at least 4 members (excludes halogenated alkanes) is 2. The van der Waals surface area contributed by atoms with Crippen molar-refractivity contribution in [2.75, 3.05) is 26.2 Å². The van der Waals surface area contributed by atoms with E-state index in [0.29, 0.717) is 44.5 Å².